The van der Waals surface area contributed by atoms with Crippen LogP contribution in [0.2, 0.25) is 0 Å². The minimum atomic E-state index is -0.297. The Balaban J connectivity index is 1.89. The zero-order valence-corrected chi connectivity index (χ0v) is 10.8. The monoisotopic (exact) mass is 264 g/mol. The number of nitrogens with zero attached hydrogens (tertiary/aromatic N) is 1. The summed E-state index contributed by atoms with van der Waals surface area (Å²) >= 11 is 1.56. The van der Waals surface area contributed by atoms with Crippen LogP contribution in [0, 0.1) is 12.7 Å². The zero-order chi connectivity index (χ0) is 13.0. The van der Waals surface area contributed by atoms with Crippen LogP contribution in [0.5, 0.6) is 0 Å². The molecule has 1 N–H and O–H groups in total. The molecule has 0 radical (unpaired) electrons. The highest BCUT2D eigenvalue weighted by Gasteiger charge is 2.07. The second-order valence-electron chi connectivity index (χ2n) is 3.90. The molecule has 0 aliphatic heterocycles. The summed E-state index contributed by atoms with van der Waals surface area (Å²) in [5.41, 5.74) is 0.954. The number of thiazole rings is 1. The predicted molar refractivity (Wildman–Crippen MR) is 69.3 cm³/mol. The van der Waals surface area contributed by atoms with Gasteiger partial charge in [0.1, 0.15) is 5.82 Å². The molecule has 0 saturated heterocycles. The number of halogens is 1. The molecule has 0 spiro atoms. The largest absolute Gasteiger partial charge is 0.352 e. The molecule has 0 unspecified atom stereocenters. The number of hydrogen-bond acceptors (Lipinski definition) is 3. The molecule has 1 aromatic heterocycles. The van der Waals surface area contributed by atoms with Crippen LogP contribution in [0.25, 0.3) is 0 Å². The summed E-state index contributed by atoms with van der Waals surface area (Å²) in [7, 11) is 0. The van der Waals surface area contributed by atoms with Crippen LogP contribution in [0.4, 0.5) is 4.39 Å². The molecule has 0 aliphatic carbocycles. The summed E-state index contributed by atoms with van der Waals surface area (Å²) in [6.07, 6.45) is 2.45. The van der Waals surface area contributed by atoms with E-state index in [0.29, 0.717) is 24.1 Å². The first-order chi connectivity index (χ1) is 8.66. The molecule has 2 aromatic rings. The lowest BCUT2D eigenvalue weighted by molar-refractivity contribution is 0.0954. The normalized spacial score (nSPS) is 10.3. The molecule has 0 aliphatic rings. The van der Waals surface area contributed by atoms with Gasteiger partial charge in [-0.05, 0) is 30.7 Å². The Hall–Kier alpha value is -1.75. The highest BCUT2D eigenvalue weighted by Crippen LogP contribution is 2.09. The third-order valence-corrected chi connectivity index (χ3v) is 3.37. The minimum Gasteiger partial charge on any atom is -0.352 e. The minimum absolute atomic E-state index is 0.186. The summed E-state index contributed by atoms with van der Waals surface area (Å²) in [5, 5.41) is 5.68. The maximum atomic E-state index is 13.1. The summed E-state index contributed by atoms with van der Waals surface area (Å²) in [6, 6.07) is 4.35. The van der Waals surface area contributed by atoms with Gasteiger partial charge in [0.25, 0.3) is 5.91 Å². The van der Waals surface area contributed by atoms with Crippen molar-refractivity contribution < 1.29 is 9.18 Å². The molecule has 1 heterocycles. The second kappa shape index (κ2) is 5.73. The topological polar surface area (TPSA) is 42.0 Å². The van der Waals surface area contributed by atoms with Crippen molar-refractivity contribution >= 4 is 17.2 Å². The van der Waals surface area contributed by atoms with Gasteiger partial charge in [-0.15, -0.1) is 11.3 Å². The molecule has 0 fully saturated rings. The number of aryl methyl sites for hydroxylation is 1. The van der Waals surface area contributed by atoms with Crippen LogP contribution >= 0.6 is 11.3 Å². The fourth-order valence-electron chi connectivity index (χ4n) is 1.55. The van der Waals surface area contributed by atoms with Crippen LogP contribution in [-0.4, -0.2) is 17.4 Å². The van der Waals surface area contributed by atoms with E-state index in [1.165, 1.54) is 12.1 Å². The number of aromatic nitrogens is 1. The Morgan fingerprint density at radius 1 is 1.50 bits per heavy atom. The number of carbonyl (C=O) groups is 1. The Bertz CT molecular complexity index is 540. The molecule has 0 saturated carbocycles. The average molecular weight is 264 g/mol. The summed E-state index contributed by atoms with van der Waals surface area (Å²) in [5.74, 6) is -0.482. The van der Waals surface area contributed by atoms with Crippen molar-refractivity contribution in [1.29, 1.82) is 0 Å². The Morgan fingerprint density at radius 2 is 2.33 bits per heavy atom. The maximum absolute atomic E-state index is 13.1. The molecular formula is C13H13FN2OS. The van der Waals surface area contributed by atoms with E-state index in [9.17, 15) is 9.18 Å². The Morgan fingerprint density at radius 3 is 3.00 bits per heavy atom. The van der Waals surface area contributed by atoms with Crippen molar-refractivity contribution in [2.24, 2.45) is 0 Å². The molecule has 1 aromatic carbocycles. The average Bonchev–Trinajstić information content (AvgIpc) is 2.85. The van der Waals surface area contributed by atoms with E-state index in [1.54, 1.807) is 30.5 Å². The quantitative estimate of drug-likeness (QED) is 0.922. The van der Waals surface area contributed by atoms with Crippen LogP contribution in [0.15, 0.2) is 29.8 Å². The maximum Gasteiger partial charge on any atom is 0.251 e. The highest BCUT2D eigenvalue weighted by molar-refractivity contribution is 7.09. The number of hydrogen-bond donors (Lipinski definition) is 1. The second-order valence-corrected chi connectivity index (χ2v) is 4.87. The van der Waals surface area contributed by atoms with E-state index in [-0.39, 0.29) is 11.7 Å². The lowest BCUT2D eigenvalue weighted by Gasteiger charge is -2.05. The SMILES string of the molecule is Cc1cc(C(=O)NCCc2nccs2)ccc1F. The number of carbonyl (C=O) groups excluding carboxylic acids is 1. The van der Waals surface area contributed by atoms with Gasteiger partial charge in [0, 0.05) is 30.1 Å². The molecule has 2 rings (SSSR count). The first-order valence-corrected chi connectivity index (χ1v) is 6.47. The smallest absolute Gasteiger partial charge is 0.251 e. The van der Waals surface area contributed by atoms with Crippen molar-refractivity contribution in [1.82, 2.24) is 10.3 Å². The van der Waals surface area contributed by atoms with Gasteiger partial charge in [0.2, 0.25) is 0 Å². The molecule has 1 amide bonds. The van der Waals surface area contributed by atoms with Gasteiger partial charge >= 0.3 is 0 Å². The highest BCUT2D eigenvalue weighted by atomic mass is 32.1. The summed E-state index contributed by atoms with van der Waals surface area (Å²) in [6.45, 7) is 2.17. The zero-order valence-electron chi connectivity index (χ0n) is 9.94. The number of benzene rings is 1. The van der Waals surface area contributed by atoms with E-state index in [2.05, 4.69) is 10.3 Å². The molecular weight excluding hydrogens is 251 g/mol. The van der Waals surface area contributed by atoms with E-state index in [0.717, 1.165) is 5.01 Å². The van der Waals surface area contributed by atoms with Gasteiger partial charge in [-0.3, -0.25) is 4.79 Å². The number of amides is 1. The van der Waals surface area contributed by atoms with Crippen LogP contribution in [0.1, 0.15) is 20.9 Å². The van der Waals surface area contributed by atoms with Crippen molar-refractivity contribution in [2.75, 3.05) is 6.54 Å². The fraction of sp³-hybridized carbons (Fsp3) is 0.231. The van der Waals surface area contributed by atoms with Gasteiger partial charge in [-0.25, -0.2) is 9.37 Å². The molecule has 18 heavy (non-hydrogen) atoms. The summed E-state index contributed by atoms with van der Waals surface area (Å²) in [4.78, 5) is 15.9. The molecule has 5 heteroatoms. The molecule has 94 valence electrons. The number of rotatable bonds is 4. The Kier molecular flexibility index (Phi) is 4.04. The fourth-order valence-corrected chi connectivity index (χ4v) is 2.17. The van der Waals surface area contributed by atoms with Gasteiger partial charge in [-0.1, -0.05) is 0 Å². The standard InChI is InChI=1S/C13H13FN2OS/c1-9-8-10(2-3-11(9)14)13(17)16-5-4-12-15-6-7-18-12/h2-3,6-8H,4-5H2,1H3,(H,16,17). The predicted octanol–water partition coefficient (Wildman–Crippen LogP) is 2.56. The lowest BCUT2D eigenvalue weighted by atomic mass is 10.1. The third-order valence-electron chi connectivity index (χ3n) is 2.53. The van der Waals surface area contributed by atoms with Crippen molar-refractivity contribution in [3.63, 3.8) is 0 Å². The van der Waals surface area contributed by atoms with Crippen LogP contribution in [0.3, 0.4) is 0 Å². The van der Waals surface area contributed by atoms with Crippen molar-refractivity contribution in [2.45, 2.75) is 13.3 Å². The third kappa shape index (κ3) is 3.13. The van der Waals surface area contributed by atoms with Crippen LogP contribution < -0.4 is 5.32 Å². The van der Waals surface area contributed by atoms with Crippen molar-refractivity contribution in [3.8, 4) is 0 Å². The first-order valence-electron chi connectivity index (χ1n) is 5.59. The van der Waals surface area contributed by atoms with Gasteiger partial charge < -0.3 is 5.32 Å². The van der Waals surface area contributed by atoms with Crippen molar-refractivity contribution in [3.05, 3.63) is 51.7 Å². The molecule has 0 bridgehead atoms. The van der Waals surface area contributed by atoms with E-state index >= 15 is 0 Å². The molecule has 0 atom stereocenters. The van der Waals surface area contributed by atoms with E-state index in [4.69, 9.17) is 0 Å². The van der Waals surface area contributed by atoms with Gasteiger partial charge in [-0.2, -0.15) is 0 Å². The summed E-state index contributed by atoms with van der Waals surface area (Å²) < 4.78 is 13.1. The van der Waals surface area contributed by atoms with E-state index in [1.807, 2.05) is 5.38 Å². The number of nitrogens with one attached hydrogen (secondary N) is 1. The van der Waals surface area contributed by atoms with Gasteiger partial charge in [0.05, 0.1) is 5.01 Å². The van der Waals surface area contributed by atoms with Gasteiger partial charge in [0.15, 0.2) is 0 Å². The Labute approximate surface area is 109 Å². The van der Waals surface area contributed by atoms with Crippen LogP contribution in [-0.2, 0) is 6.42 Å². The molecule has 3 nitrogen and oxygen atoms in total. The first kappa shape index (κ1) is 12.7. The van der Waals surface area contributed by atoms with E-state index < -0.39 is 0 Å². The lowest BCUT2D eigenvalue weighted by Crippen LogP contribution is -2.25.